The van der Waals surface area contributed by atoms with Crippen LogP contribution in [0, 0.1) is 0 Å². The molecule has 0 saturated carbocycles. The number of Topliss-reactive ketones (excluding diaryl/α,β-unsaturated/α-hetero) is 1. The summed E-state index contributed by atoms with van der Waals surface area (Å²) in [6.07, 6.45) is 0. The SMILES string of the molecule is CC(C)(C)OC(=O)CS(=O)(=O)CC(=O)c1ccc(Br)s1. The minimum atomic E-state index is -3.82. The fourth-order valence-corrected chi connectivity index (χ4v) is 3.83. The van der Waals surface area contributed by atoms with Crippen molar-refractivity contribution < 1.29 is 22.7 Å². The van der Waals surface area contributed by atoms with E-state index in [0.717, 1.165) is 15.1 Å². The zero-order valence-corrected chi connectivity index (χ0v) is 14.5. The van der Waals surface area contributed by atoms with E-state index in [1.165, 1.54) is 0 Å². The number of carbonyl (C=O) groups is 2. The summed E-state index contributed by atoms with van der Waals surface area (Å²) in [5.41, 5.74) is -0.755. The first kappa shape index (κ1) is 17.3. The van der Waals surface area contributed by atoms with Gasteiger partial charge in [-0.2, -0.15) is 0 Å². The summed E-state index contributed by atoms with van der Waals surface area (Å²) in [6, 6.07) is 3.21. The van der Waals surface area contributed by atoms with Gasteiger partial charge in [-0.25, -0.2) is 8.42 Å². The molecular formula is C12H15BrO5S2. The van der Waals surface area contributed by atoms with Gasteiger partial charge < -0.3 is 4.74 Å². The lowest BCUT2D eigenvalue weighted by Gasteiger charge is -2.19. The van der Waals surface area contributed by atoms with Crippen LogP contribution in [0.3, 0.4) is 0 Å². The molecular weight excluding hydrogens is 368 g/mol. The second-order valence-corrected chi connectivity index (χ2v) is 9.67. The van der Waals surface area contributed by atoms with Crippen molar-refractivity contribution in [2.45, 2.75) is 26.4 Å². The minimum Gasteiger partial charge on any atom is -0.459 e. The molecule has 0 atom stereocenters. The number of carbonyl (C=O) groups excluding carboxylic acids is 2. The van der Waals surface area contributed by atoms with Crippen LogP contribution in [0.25, 0.3) is 0 Å². The molecule has 0 aliphatic rings. The predicted molar refractivity (Wildman–Crippen MR) is 80.8 cm³/mol. The second-order valence-electron chi connectivity index (χ2n) is 5.15. The minimum absolute atomic E-state index is 0.338. The van der Waals surface area contributed by atoms with E-state index in [1.807, 2.05) is 0 Å². The average molecular weight is 383 g/mol. The van der Waals surface area contributed by atoms with Crippen LogP contribution in [0.1, 0.15) is 30.4 Å². The monoisotopic (exact) mass is 382 g/mol. The summed E-state index contributed by atoms with van der Waals surface area (Å²) in [5.74, 6) is -2.86. The third-order valence-corrected chi connectivity index (χ3v) is 5.00. The molecule has 20 heavy (non-hydrogen) atoms. The van der Waals surface area contributed by atoms with E-state index in [-0.39, 0.29) is 0 Å². The Bertz CT molecular complexity index is 610. The quantitative estimate of drug-likeness (QED) is 0.577. The molecule has 1 heterocycles. The Morgan fingerprint density at radius 1 is 1.25 bits per heavy atom. The maximum atomic E-state index is 11.8. The Kier molecular flexibility index (Phi) is 5.51. The first-order valence-electron chi connectivity index (χ1n) is 5.69. The first-order chi connectivity index (χ1) is 8.98. The Balaban J connectivity index is 2.66. The van der Waals surface area contributed by atoms with Crippen molar-refractivity contribution in [3.8, 4) is 0 Å². The maximum absolute atomic E-state index is 11.8. The van der Waals surface area contributed by atoms with Gasteiger partial charge in [-0.05, 0) is 48.8 Å². The Morgan fingerprint density at radius 2 is 1.85 bits per heavy atom. The van der Waals surface area contributed by atoms with Crippen LogP contribution in [-0.4, -0.2) is 37.3 Å². The molecule has 0 N–H and O–H groups in total. The van der Waals surface area contributed by atoms with Crippen LogP contribution in [0.15, 0.2) is 15.9 Å². The highest BCUT2D eigenvalue weighted by Crippen LogP contribution is 2.22. The molecule has 0 fully saturated rings. The fourth-order valence-electron chi connectivity index (χ4n) is 1.34. The number of esters is 1. The van der Waals surface area contributed by atoms with Gasteiger partial charge in [-0.3, -0.25) is 9.59 Å². The first-order valence-corrected chi connectivity index (χ1v) is 9.12. The summed E-state index contributed by atoms with van der Waals surface area (Å²) in [7, 11) is -3.82. The van der Waals surface area contributed by atoms with Gasteiger partial charge in [0.15, 0.2) is 15.6 Å². The maximum Gasteiger partial charge on any atom is 0.321 e. The van der Waals surface area contributed by atoms with E-state index in [0.29, 0.717) is 4.88 Å². The standard InChI is InChI=1S/C12H15BrO5S2/c1-12(2,3)18-11(15)7-20(16,17)6-8(14)9-4-5-10(13)19-9/h4-5H,6-7H2,1-3H3. The van der Waals surface area contributed by atoms with E-state index in [4.69, 9.17) is 4.74 Å². The Morgan fingerprint density at radius 3 is 2.30 bits per heavy atom. The van der Waals surface area contributed by atoms with Gasteiger partial charge in [0.1, 0.15) is 17.1 Å². The number of ketones is 1. The van der Waals surface area contributed by atoms with E-state index in [9.17, 15) is 18.0 Å². The number of thiophene rings is 1. The largest absolute Gasteiger partial charge is 0.459 e. The lowest BCUT2D eigenvalue weighted by atomic mass is 10.2. The molecule has 1 aromatic rings. The van der Waals surface area contributed by atoms with Crippen molar-refractivity contribution in [2.24, 2.45) is 0 Å². The summed E-state index contributed by atoms with van der Waals surface area (Å²) < 4.78 is 29.2. The molecule has 0 unspecified atom stereocenters. The van der Waals surface area contributed by atoms with E-state index >= 15 is 0 Å². The van der Waals surface area contributed by atoms with Gasteiger partial charge in [0.25, 0.3) is 0 Å². The van der Waals surface area contributed by atoms with Crippen LogP contribution in [-0.2, 0) is 19.4 Å². The molecule has 0 spiro atoms. The van der Waals surface area contributed by atoms with E-state index in [1.54, 1.807) is 32.9 Å². The number of sulfone groups is 1. The van der Waals surface area contributed by atoms with Gasteiger partial charge in [0, 0.05) is 0 Å². The number of hydrogen-bond donors (Lipinski definition) is 0. The molecule has 1 aromatic heterocycles. The van der Waals surface area contributed by atoms with Crippen molar-refractivity contribution in [1.29, 1.82) is 0 Å². The highest BCUT2D eigenvalue weighted by molar-refractivity contribution is 9.11. The van der Waals surface area contributed by atoms with Gasteiger partial charge in [-0.1, -0.05) is 0 Å². The molecule has 0 saturated heterocycles. The highest BCUT2D eigenvalue weighted by atomic mass is 79.9. The van der Waals surface area contributed by atoms with Gasteiger partial charge in [-0.15, -0.1) is 11.3 Å². The zero-order chi connectivity index (χ0) is 15.6. The van der Waals surface area contributed by atoms with Crippen molar-refractivity contribution >= 4 is 48.9 Å². The van der Waals surface area contributed by atoms with Crippen LogP contribution >= 0.6 is 27.3 Å². The van der Waals surface area contributed by atoms with E-state index in [2.05, 4.69) is 15.9 Å². The van der Waals surface area contributed by atoms with Crippen LogP contribution in [0.5, 0.6) is 0 Å². The fraction of sp³-hybridized carbons (Fsp3) is 0.500. The van der Waals surface area contributed by atoms with E-state index < -0.39 is 38.7 Å². The summed E-state index contributed by atoms with van der Waals surface area (Å²) in [5, 5.41) is 0. The summed E-state index contributed by atoms with van der Waals surface area (Å²) >= 11 is 4.35. The van der Waals surface area contributed by atoms with Crippen LogP contribution in [0.4, 0.5) is 0 Å². The number of rotatable bonds is 5. The summed E-state index contributed by atoms with van der Waals surface area (Å²) in [4.78, 5) is 23.6. The molecule has 0 aliphatic carbocycles. The summed E-state index contributed by atoms with van der Waals surface area (Å²) in [6.45, 7) is 4.93. The Hall–Kier alpha value is -0.730. The number of hydrogen-bond acceptors (Lipinski definition) is 6. The lowest BCUT2D eigenvalue weighted by molar-refractivity contribution is -0.151. The molecule has 1 rings (SSSR count). The molecule has 5 nitrogen and oxygen atoms in total. The molecule has 8 heteroatoms. The zero-order valence-electron chi connectivity index (χ0n) is 11.3. The topological polar surface area (TPSA) is 77.5 Å². The number of halogens is 1. The van der Waals surface area contributed by atoms with Crippen molar-refractivity contribution in [1.82, 2.24) is 0 Å². The highest BCUT2D eigenvalue weighted by Gasteiger charge is 2.25. The smallest absolute Gasteiger partial charge is 0.321 e. The van der Waals surface area contributed by atoms with Crippen molar-refractivity contribution in [2.75, 3.05) is 11.5 Å². The van der Waals surface area contributed by atoms with Crippen LogP contribution in [0.2, 0.25) is 0 Å². The third-order valence-electron chi connectivity index (χ3n) is 1.96. The van der Waals surface area contributed by atoms with Gasteiger partial charge >= 0.3 is 5.97 Å². The molecule has 0 aliphatic heterocycles. The normalized spacial score (nSPS) is 12.2. The Labute approximate surface area is 130 Å². The van der Waals surface area contributed by atoms with Gasteiger partial charge in [0.05, 0.1) is 8.66 Å². The number of ether oxygens (including phenoxy) is 1. The molecule has 0 amide bonds. The van der Waals surface area contributed by atoms with Crippen molar-refractivity contribution in [3.63, 3.8) is 0 Å². The van der Waals surface area contributed by atoms with Gasteiger partial charge in [0.2, 0.25) is 0 Å². The second kappa shape index (κ2) is 6.36. The molecule has 0 radical (unpaired) electrons. The molecule has 0 aromatic carbocycles. The molecule has 0 bridgehead atoms. The lowest BCUT2D eigenvalue weighted by Crippen LogP contribution is -2.30. The van der Waals surface area contributed by atoms with Crippen LogP contribution < -0.4 is 0 Å². The predicted octanol–water partition coefficient (Wildman–Crippen LogP) is 2.45. The average Bonchev–Trinajstić information content (AvgIpc) is 2.59. The third kappa shape index (κ3) is 6.15. The molecule has 112 valence electrons. The van der Waals surface area contributed by atoms with Crippen molar-refractivity contribution in [3.05, 3.63) is 20.8 Å².